The van der Waals surface area contributed by atoms with Gasteiger partial charge in [0, 0.05) is 62.2 Å². The first-order chi connectivity index (χ1) is 11.3. The van der Waals surface area contributed by atoms with Crippen LogP contribution in [0.1, 0.15) is 5.69 Å². The van der Waals surface area contributed by atoms with Crippen LogP contribution in [-0.4, -0.2) is 76.0 Å². The number of morpholine rings is 1. The third-order valence-electron chi connectivity index (χ3n) is 4.69. The summed E-state index contributed by atoms with van der Waals surface area (Å²) in [5.74, 6) is 0. The Hall–Kier alpha value is -1.25. The molecule has 4 rings (SSSR count). The summed E-state index contributed by atoms with van der Waals surface area (Å²) in [4.78, 5) is 9.10. The quantitative estimate of drug-likeness (QED) is 0.897. The molecule has 1 N–H and O–H groups in total. The standard InChI is InChI=1S/C16H22N4O2S/c21-15-12-18(11-14(15)19-5-7-22-8-6-19)10-13-2-1-4-20(13)16-17-3-9-23-16/h1-4,9,14-15,21H,5-8,10-12H2/t14-,15-/m0/s1. The number of thiazole rings is 1. The van der Waals surface area contributed by atoms with E-state index in [4.69, 9.17) is 4.74 Å². The largest absolute Gasteiger partial charge is 0.390 e. The highest BCUT2D eigenvalue weighted by Gasteiger charge is 2.36. The van der Waals surface area contributed by atoms with Crippen LogP contribution in [0.2, 0.25) is 0 Å². The molecule has 2 atom stereocenters. The monoisotopic (exact) mass is 334 g/mol. The normalized spacial score (nSPS) is 26.8. The zero-order chi connectivity index (χ0) is 15.6. The second kappa shape index (κ2) is 6.70. The summed E-state index contributed by atoms with van der Waals surface area (Å²) in [6.07, 6.45) is 3.61. The number of aromatic nitrogens is 2. The van der Waals surface area contributed by atoms with E-state index in [0.29, 0.717) is 0 Å². The molecule has 0 aliphatic carbocycles. The first-order valence-electron chi connectivity index (χ1n) is 8.09. The molecule has 2 aromatic rings. The molecule has 2 saturated heterocycles. The number of hydrogen-bond acceptors (Lipinski definition) is 6. The molecule has 2 fully saturated rings. The van der Waals surface area contributed by atoms with Gasteiger partial charge in [-0.2, -0.15) is 0 Å². The Kier molecular flexibility index (Phi) is 4.46. The third-order valence-corrected chi connectivity index (χ3v) is 5.46. The number of hydrogen-bond donors (Lipinski definition) is 1. The number of nitrogens with zero attached hydrogens (tertiary/aromatic N) is 4. The van der Waals surface area contributed by atoms with Gasteiger partial charge >= 0.3 is 0 Å². The van der Waals surface area contributed by atoms with Gasteiger partial charge in [0.1, 0.15) is 0 Å². The van der Waals surface area contributed by atoms with Crippen molar-refractivity contribution in [2.75, 3.05) is 39.4 Å². The summed E-state index contributed by atoms with van der Waals surface area (Å²) in [6, 6.07) is 4.42. The zero-order valence-electron chi connectivity index (χ0n) is 13.0. The molecule has 4 heterocycles. The highest BCUT2D eigenvalue weighted by atomic mass is 32.1. The molecule has 0 aromatic carbocycles. The summed E-state index contributed by atoms with van der Waals surface area (Å²) in [7, 11) is 0. The fraction of sp³-hybridized carbons (Fsp3) is 0.562. The van der Waals surface area contributed by atoms with E-state index in [1.807, 2.05) is 11.6 Å². The van der Waals surface area contributed by atoms with E-state index in [2.05, 4.69) is 37.7 Å². The van der Waals surface area contributed by atoms with E-state index in [0.717, 1.165) is 51.1 Å². The molecule has 124 valence electrons. The Bertz CT molecular complexity index is 624. The van der Waals surface area contributed by atoms with Crippen molar-refractivity contribution in [1.29, 1.82) is 0 Å². The Morgan fingerprint density at radius 1 is 1.30 bits per heavy atom. The molecule has 0 bridgehead atoms. The average Bonchev–Trinajstić information content (AvgIpc) is 3.29. The van der Waals surface area contributed by atoms with Crippen LogP contribution in [0.4, 0.5) is 0 Å². The number of ether oxygens (including phenoxy) is 1. The van der Waals surface area contributed by atoms with E-state index in [9.17, 15) is 5.11 Å². The van der Waals surface area contributed by atoms with Gasteiger partial charge in [-0.1, -0.05) is 0 Å². The van der Waals surface area contributed by atoms with Crippen LogP contribution in [0.25, 0.3) is 5.13 Å². The topological polar surface area (TPSA) is 53.8 Å². The predicted octanol–water partition coefficient (Wildman–Crippen LogP) is 0.811. The molecule has 2 aliphatic heterocycles. The first-order valence-corrected chi connectivity index (χ1v) is 8.97. The van der Waals surface area contributed by atoms with Crippen molar-refractivity contribution in [1.82, 2.24) is 19.4 Å². The second-order valence-corrected chi connectivity index (χ2v) is 7.03. The van der Waals surface area contributed by atoms with Crippen molar-refractivity contribution >= 4 is 11.3 Å². The fourth-order valence-electron chi connectivity index (χ4n) is 3.54. The number of aliphatic hydroxyl groups is 1. The molecule has 0 radical (unpaired) electrons. The van der Waals surface area contributed by atoms with Gasteiger partial charge in [-0.15, -0.1) is 11.3 Å². The van der Waals surface area contributed by atoms with Gasteiger partial charge in [0.2, 0.25) is 0 Å². The van der Waals surface area contributed by atoms with Crippen LogP contribution in [0.3, 0.4) is 0 Å². The lowest BCUT2D eigenvalue weighted by Gasteiger charge is -2.33. The minimum atomic E-state index is -0.281. The first kappa shape index (κ1) is 15.3. The van der Waals surface area contributed by atoms with Gasteiger partial charge in [0.15, 0.2) is 5.13 Å². The van der Waals surface area contributed by atoms with Gasteiger partial charge in [-0.25, -0.2) is 4.98 Å². The summed E-state index contributed by atoms with van der Waals surface area (Å²) in [5.41, 5.74) is 1.22. The maximum absolute atomic E-state index is 10.5. The maximum atomic E-state index is 10.5. The van der Waals surface area contributed by atoms with Crippen LogP contribution in [0.5, 0.6) is 0 Å². The Labute approximate surface area is 139 Å². The van der Waals surface area contributed by atoms with E-state index in [1.165, 1.54) is 5.69 Å². The second-order valence-electron chi connectivity index (χ2n) is 6.16. The van der Waals surface area contributed by atoms with Gasteiger partial charge in [-0.05, 0) is 12.1 Å². The molecule has 7 heteroatoms. The number of likely N-dealkylation sites (tertiary alicyclic amines) is 1. The Balaban J connectivity index is 1.43. The third kappa shape index (κ3) is 3.20. The van der Waals surface area contributed by atoms with Gasteiger partial charge in [-0.3, -0.25) is 14.4 Å². The SMILES string of the molecule is O[C@H]1CN(Cc2cccn2-c2nccs2)C[C@@H]1N1CCOCC1. The van der Waals surface area contributed by atoms with Crippen LogP contribution < -0.4 is 0 Å². The van der Waals surface area contributed by atoms with E-state index < -0.39 is 0 Å². The highest BCUT2D eigenvalue weighted by Crippen LogP contribution is 2.22. The lowest BCUT2D eigenvalue weighted by molar-refractivity contribution is -0.00618. The van der Waals surface area contributed by atoms with Crippen LogP contribution in [-0.2, 0) is 11.3 Å². The lowest BCUT2D eigenvalue weighted by Crippen LogP contribution is -2.48. The number of rotatable bonds is 4. The molecular weight excluding hydrogens is 312 g/mol. The van der Waals surface area contributed by atoms with E-state index in [1.54, 1.807) is 11.3 Å². The average molecular weight is 334 g/mol. The lowest BCUT2D eigenvalue weighted by atomic mass is 10.2. The fourth-order valence-corrected chi connectivity index (χ4v) is 4.20. The van der Waals surface area contributed by atoms with Crippen LogP contribution in [0, 0.1) is 0 Å². The van der Waals surface area contributed by atoms with Crippen molar-refractivity contribution in [2.24, 2.45) is 0 Å². The molecule has 0 spiro atoms. The number of β-amino-alcohol motifs (C(OH)–C–C–N with tert-alkyl or cyclic N) is 1. The molecule has 2 aliphatic rings. The summed E-state index contributed by atoms with van der Waals surface area (Å²) in [6.45, 7) is 5.86. The Morgan fingerprint density at radius 2 is 2.17 bits per heavy atom. The molecule has 23 heavy (non-hydrogen) atoms. The highest BCUT2D eigenvalue weighted by molar-refractivity contribution is 7.12. The van der Waals surface area contributed by atoms with Gasteiger partial charge < -0.3 is 9.84 Å². The minimum absolute atomic E-state index is 0.224. The van der Waals surface area contributed by atoms with Crippen molar-refractivity contribution in [3.05, 3.63) is 35.6 Å². The van der Waals surface area contributed by atoms with Crippen LogP contribution in [0.15, 0.2) is 29.9 Å². The molecule has 6 nitrogen and oxygen atoms in total. The summed E-state index contributed by atoms with van der Waals surface area (Å²) < 4.78 is 7.56. The minimum Gasteiger partial charge on any atom is -0.390 e. The van der Waals surface area contributed by atoms with E-state index in [-0.39, 0.29) is 12.1 Å². The molecular formula is C16H22N4O2S. The van der Waals surface area contributed by atoms with Crippen molar-refractivity contribution in [2.45, 2.75) is 18.7 Å². The van der Waals surface area contributed by atoms with Crippen molar-refractivity contribution in [3.63, 3.8) is 0 Å². The smallest absolute Gasteiger partial charge is 0.193 e. The van der Waals surface area contributed by atoms with E-state index >= 15 is 0 Å². The summed E-state index contributed by atoms with van der Waals surface area (Å²) in [5, 5.41) is 13.4. The molecule has 2 aromatic heterocycles. The van der Waals surface area contributed by atoms with Crippen molar-refractivity contribution in [3.8, 4) is 5.13 Å². The van der Waals surface area contributed by atoms with Crippen molar-refractivity contribution < 1.29 is 9.84 Å². The Morgan fingerprint density at radius 3 is 2.96 bits per heavy atom. The number of aliphatic hydroxyl groups excluding tert-OH is 1. The zero-order valence-corrected chi connectivity index (χ0v) is 13.9. The molecule has 0 saturated carbocycles. The molecule has 0 amide bonds. The predicted molar refractivity (Wildman–Crippen MR) is 88.9 cm³/mol. The van der Waals surface area contributed by atoms with Crippen LogP contribution >= 0.6 is 11.3 Å². The van der Waals surface area contributed by atoms with Gasteiger partial charge in [0.25, 0.3) is 0 Å². The summed E-state index contributed by atoms with van der Waals surface area (Å²) >= 11 is 1.64. The maximum Gasteiger partial charge on any atom is 0.193 e. The molecule has 0 unspecified atom stereocenters. The van der Waals surface area contributed by atoms with Gasteiger partial charge in [0.05, 0.1) is 19.3 Å².